The first kappa shape index (κ1) is 20.5. The van der Waals surface area contributed by atoms with Gasteiger partial charge in [0.1, 0.15) is 0 Å². The van der Waals surface area contributed by atoms with E-state index in [-0.39, 0.29) is 11.9 Å². The number of hydrogen-bond donors (Lipinski definition) is 2. The summed E-state index contributed by atoms with van der Waals surface area (Å²) >= 11 is 0. The predicted molar refractivity (Wildman–Crippen MR) is 116 cm³/mol. The van der Waals surface area contributed by atoms with Gasteiger partial charge in [0.2, 0.25) is 5.91 Å². The van der Waals surface area contributed by atoms with Crippen molar-refractivity contribution in [1.82, 2.24) is 15.5 Å². The van der Waals surface area contributed by atoms with Gasteiger partial charge in [-0.1, -0.05) is 19.1 Å². The molecule has 1 aromatic rings. The van der Waals surface area contributed by atoms with Crippen LogP contribution in [0.15, 0.2) is 29.3 Å². The van der Waals surface area contributed by atoms with Crippen molar-refractivity contribution in [2.45, 2.75) is 52.1 Å². The monoisotopic (exact) mass is 385 g/mol. The van der Waals surface area contributed by atoms with E-state index < -0.39 is 0 Å². The van der Waals surface area contributed by atoms with E-state index >= 15 is 0 Å². The number of benzene rings is 1. The molecule has 6 heteroatoms. The number of amides is 1. The van der Waals surface area contributed by atoms with Crippen molar-refractivity contribution in [2.24, 2.45) is 10.9 Å². The van der Waals surface area contributed by atoms with Gasteiger partial charge in [-0.2, -0.15) is 0 Å². The van der Waals surface area contributed by atoms with Gasteiger partial charge >= 0.3 is 0 Å². The molecular weight excluding hydrogens is 350 g/mol. The summed E-state index contributed by atoms with van der Waals surface area (Å²) in [6.07, 6.45) is 4.03. The van der Waals surface area contributed by atoms with Gasteiger partial charge in [0.25, 0.3) is 0 Å². The van der Waals surface area contributed by atoms with Crippen molar-refractivity contribution in [1.29, 1.82) is 0 Å². The summed E-state index contributed by atoms with van der Waals surface area (Å²) in [6.45, 7) is 8.93. The maximum Gasteiger partial charge on any atom is 0.222 e. The molecule has 1 amide bonds. The van der Waals surface area contributed by atoms with Gasteiger partial charge in [0, 0.05) is 51.4 Å². The first-order chi connectivity index (χ1) is 13.5. The van der Waals surface area contributed by atoms with Crippen molar-refractivity contribution in [2.75, 3.05) is 38.1 Å². The fraction of sp³-hybridized carbons (Fsp3) is 0.636. The molecule has 2 aliphatic heterocycles. The number of hydrogen-bond acceptors (Lipinski definition) is 3. The summed E-state index contributed by atoms with van der Waals surface area (Å²) in [5, 5.41) is 6.80. The van der Waals surface area contributed by atoms with Gasteiger partial charge in [-0.05, 0) is 49.8 Å². The lowest BCUT2D eigenvalue weighted by molar-refractivity contribution is -0.132. The molecular formula is C22H35N5O. The van der Waals surface area contributed by atoms with E-state index in [9.17, 15) is 4.79 Å². The second-order valence-electron chi connectivity index (χ2n) is 8.19. The molecule has 6 nitrogen and oxygen atoms in total. The van der Waals surface area contributed by atoms with Crippen molar-refractivity contribution >= 4 is 17.6 Å². The van der Waals surface area contributed by atoms with Crippen LogP contribution in [0.2, 0.25) is 0 Å². The number of piperidine rings is 2. The molecule has 2 heterocycles. The molecule has 1 aromatic carbocycles. The maximum atomic E-state index is 11.7. The molecule has 0 spiro atoms. The van der Waals surface area contributed by atoms with Crippen LogP contribution in [-0.4, -0.2) is 56.0 Å². The highest BCUT2D eigenvalue weighted by molar-refractivity contribution is 5.81. The van der Waals surface area contributed by atoms with E-state index in [1.54, 1.807) is 4.90 Å². The quantitative estimate of drug-likeness (QED) is 0.604. The van der Waals surface area contributed by atoms with Crippen LogP contribution >= 0.6 is 0 Å². The lowest BCUT2D eigenvalue weighted by atomic mass is 9.99. The number of guanidine groups is 1. The Morgan fingerprint density at radius 1 is 1.18 bits per heavy atom. The lowest BCUT2D eigenvalue weighted by Gasteiger charge is -2.32. The SMILES string of the molecule is CCNC(=NCc1ccc(N2CCC(C)CC2)cc1)NC1CCC(=O)N(C)C1. The van der Waals surface area contributed by atoms with E-state index in [2.05, 4.69) is 53.6 Å². The summed E-state index contributed by atoms with van der Waals surface area (Å²) in [5.74, 6) is 1.90. The fourth-order valence-corrected chi connectivity index (χ4v) is 3.89. The average molecular weight is 386 g/mol. The van der Waals surface area contributed by atoms with Gasteiger partial charge in [0.15, 0.2) is 5.96 Å². The highest BCUT2D eigenvalue weighted by Crippen LogP contribution is 2.23. The van der Waals surface area contributed by atoms with E-state index in [4.69, 9.17) is 4.99 Å². The topological polar surface area (TPSA) is 60.0 Å². The first-order valence-corrected chi connectivity index (χ1v) is 10.7. The number of likely N-dealkylation sites (tertiary alicyclic amines) is 1. The van der Waals surface area contributed by atoms with Crippen molar-refractivity contribution in [3.8, 4) is 0 Å². The minimum Gasteiger partial charge on any atom is -0.372 e. The van der Waals surface area contributed by atoms with Crippen molar-refractivity contribution < 1.29 is 4.79 Å². The first-order valence-electron chi connectivity index (χ1n) is 10.7. The summed E-state index contributed by atoms with van der Waals surface area (Å²) in [5.41, 5.74) is 2.53. The average Bonchev–Trinajstić information content (AvgIpc) is 2.70. The number of rotatable bonds is 5. The van der Waals surface area contributed by atoms with Crippen LogP contribution in [0, 0.1) is 5.92 Å². The van der Waals surface area contributed by atoms with E-state index in [1.807, 2.05) is 7.05 Å². The van der Waals surface area contributed by atoms with Gasteiger partial charge in [-0.3, -0.25) is 4.79 Å². The molecule has 2 saturated heterocycles. The number of aliphatic imine (C=N–C) groups is 1. The molecule has 1 unspecified atom stereocenters. The van der Waals surface area contributed by atoms with E-state index in [1.165, 1.54) is 24.1 Å². The van der Waals surface area contributed by atoms with E-state index in [0.717, 1.165) is 44.5 Å². The Balaban J connectivity index is 1.56. The molecule has 1 atom stereocenters. The molecule has 2 N–H and O–H groups in total. The molecule has 28 heavy (non-hydrogen) atoms. The smallest absolute Gasteiger partial charge is 0.222 e. The minimum absolute atomic E-state index is 0.225. The van der Waals surface area contributed by atoms with Crippen LogP contribution in [-0.2, 0) is 11.3 Å². The van der Waals surface area contributed by atoms with Gasteiger partial charge < -0.3 is 20.4 Å². The number of anilines is 1. The molecule has 154 valence electrons. The Labute approximate surface area is 169 Å². The molecule has 3 rings (SSSR count). The molecule has 0 bridgehead atoms. The Morgan fingerprint density at radius 3 is 2.54 bits per heavy atom. The third kappa shape index (κ3) is 5.63. The zero-order valence-corrected chi connectivity index (χ0v) is 17.6. The molecule has 2 fully saturated rings. The second-order valence-corrected chi connectivity index (χ2v) is 8.19. The Kier molecular flexibility index (Phi) is 7.18. The maximum absolute atomic E-state index is 11.7. The third-order valence-corrected chi connectivity index (χ3v) is 5.82. The minimum atomic E-state index is 0.225. The second kappa shape index (κ2) is 9.80. The van der Waals surface area contributed by atoms with Gasteiger partial charge in [-0.15, -0.1) is 0 Å². The van der Waals surface area contributed by atoms with Crippen LogP contribution in [0.3, 0.4) is 0 Å². The third-order valence-electron chi connectivity index (χ3n) is 5.82. The zero-order chi connectivity index (χ0) is 19.9. The Hall–Kier alpha value is -2.24. The summed E-state index contributed by atoms with van der Waals surface area (Å²) in [7, 11) is 1.87. The normalized spacial score (nSPS) is 21.8. The fourth-order valence-electron chi connectivity index (χ4n) is 3.89. The van der Waals surface area contributed by atoms with Crippen LogP contribution < -0.4 is 15.5 Å². The summed E-state index contributed by atoms with van der Waals surface area (Å²) in [4.78, 5) is 20.7. The largest absolute Gasteiger partial charge is 0.372 e. The molecule has 2 aliphatic rings. The lowest BCUT2D eigenvalue weighted by Crippen LogP contribution is -2.51. The number of nitrogens with zero attached hydrogens (tertiary/aromatic N) is 3. The standard InChI is InChI=1S/C22H35N5O/c1-4-23-22(25-19-7-10-21(28)26(3)16-19)24-15-18-5-8-20(9-6-18)27-13-11-17(2)12-14-27/h5-6,8-9,17,19H,4,7,10-16H2,1-3H3,(H2,23,24,25). The van der Waals surface area contributed by atoms with Crippen molar-refractivity contribution in [3.05, 3.63) is 29.8 Å². The highest BCUT2D eigenvalue weighted by atomic mass is 16.2. The van der Waals surface area contributed by atoms with Crippen LogP contribution in [0.25, 0.3) is 0 Å². The van der Waals surface area contributed by atoms with Gasteiger partial charge in [0.05, 0.1) is 6.54 Å². The Morgan fingerprint density at radius 2 is 1.89 bits per heavy atom. The molecule has 0 aromatic heterocycles. The zero-order valence-electron chi connectivity index (χ0n) is 17.6. The predicted octanol–water partition coefficient (Wildman–Crippen LogP) is 2.60. The van der Waals surface area contributed by atoms with Crippen molar-refractivity contribution in [3.63, 3.8) is 0 Å². The number of likely N-dealkylation sites (N-methyl/N-ethyl adjacent to an activating group) is 1. The van der Waals surface area contributed by atoms with Crippen LogP contribution in [0.4, 0.5) is 5.69 Å². The van der Waals surface area contributed by atoms with Crippen LogP contribution in [0.1, 0.15) is 45.1 Å². The molecule has 0 radical (unpaired) electrons. The Bertz CT molecular complexity index is 664. The summed E-state index contributed by atoms with van der Waals surface area (Å²) in [6, 6.07) is 9.08. The highest BCUT2D eigenvalue weighted by Gasteiger charge is 2.23. The van der Waals surface area contributed by atoms with Crippen LogP contribution in [0.5, 0.6) is 0 Å². The summed E-state index contributed by atoms with van der Waals surface area (Å²) < 4.78 is 0. The van der Waals surface area contributed by atoms with E-state index in [0.29, 0.717) is 13.0 Å². The number of carbonyl (C=O) groups excluding carboxylic acids is 1. The number of nitrogens with one attached hydrogen (secondary N) is 2. The van der Waals surface area contributed by atoms with Gasteiger partial charge in [-0.25, -0.2) is 4.99 Å². The number of carbonyl (C=O) groups is 1. The molecule has 0 saturated carbocycles. The molecule has 0 aliphatic carbocycles.